The molecule has 6 nitrogen and oxygen atoms in total. The number of thiophene rings is 1. The molecule has 2 rings (SSSR count). The Morgan fingerprint density at radius 3 is 2.65 bits per heavy atom. The lowest BCUT2D eigenvalue weighted by Gasteiger charge is -2.25. The molecular formula is C12H18N4O2S2. The summed E-state index contributed by atoms with van der Waals surface area (Å²) in [6, 6.07) is 3.66. The van der Waals surface area contributed by atoms with Crippen LogP contribution in [0.1, 0.15) is 18.7 Å². The first-order valence-corrected chi connectivity index (χ1v) is 8.47. The van der Waals surface area contributed by atoms with E-state index < -0.39 is 10.0 Å². The molecule has 2 heterocycles. The van der Waals surface area contributed by atoms with Crippen LogP contribution in [-0.4, -0.2) is 28.3 Å². The molecule has 0 radical (unpaired) electrons. The summed E-state index contributed by atoms with van der Waals surface area (Å²) in [5, 5.41) is 1.97. The molecule has 2 aromatic heterocycles. The van der Waals surface area contributed by atoms with Gasteiger partial charge in [0.1, 0.15) is 0 Å². The van der Waals surface area contributed by atoms with E-state index >= 15 is 0 Å². The molecule has 0 saturated carbocycles. The standard InChI is InChI=1S/C12H18N4O2S2/c1-9(2)16(7-10-5-4-6-19-10)20(17,18)12-11(13)14-8-15(12)3/h4-6,8-9H,7,13H2,1-3H3. The van der Waals surface area contributed by atoms with E-state index in [1.54, 1.807) is 7.05 Å². The Bertz CT molecular complexity index is 655. The van der Waals surface area contributed by atoms with Crippen LogP contribution in [0.4, 0.5) is 5.82 Å². The molecule has 20 heavy (non-hydrogen) atoms. The second-order valence-electron chi connectivity index (χ2n) is 4.77. The van der Waals surface area contributed by atoms with Crippen LogP contribution in [0.25, 0.3) is 0 Å². The molecule has 2 aromatic rings. The van der Waals surface area contributed by atoms with Gasteiger partial charge in [0.2, 0.25) is 0 Å². The summed E-state index contributed by atoms with van der Waals surface area (Å²) in [5.74, 6) is 0.0318. The van der Waals surface area contributed by atoms with Crippen LogP contribution in [-0.2, 0) is 23.6 Å². The molecular weight excluding hydrogens is 296 g/mol. The molecule has 0 aliphatic heterocycles. The molecule has 110 valence electrons. The van der Waals surface area contributed by atoms with Gasteiger partial charge in [0.05, 0.1) is 6.33 Å². The van der Waals surface area contributed by atoms with E-state index in [4.69, 9.17) is 5.73 Å². The molecule has 0 aliphatic carbocycles. The van der Waals surface area contributed by atoms with E-state index in [0.29, 0.717) is 6.54 Å². The van der Waals surface area contributed by atoms with Gasteiger partial charge in [-0.05, 0) is 25.3 Å². The van der Waals surface area contributed by atoms with E-state index in [-0.39, 0.29) is 16.9 Å². The summed E-state index contributed by atoms with van der Waals surface area (Å²) in [6.45, 7) is 4.03. The van der Waals surface area contributed by atoms with Gasteiger partial charge in [0.15, 0.2) is 10.8 Å². The molecule has 0 amide bonds. The van der Waals surface area contributed by atoms with Gasteiger partial charge >= 0.3 is 0 Å². The van der Waals surface area contributed by atoms with Gasteiger partial charge < -0.3 is 10.3 Å². The monoisotopic (exact) mass is 314 g/mol. The smallest absolute Gasteiger partial charge is 0.263 e. The van der Waals surface area contributed by atoms with Gasteiger partial charge in [0, 0.05) is 24.5 Å². The van der Waals surface area contributed by atoms with Gasteiger partial charge in [-0.25, -0.2) is 13.4 Å². The number of sulfonamides is 1. The number of nitrogens with zero attached hydrogens (tertiary/aromatic N) is 3. The van der Waals surface area contributed by atoms with E-state index in [0.717, 1.165) is 4.88 Å². The van der Waals surface area contributed by atoms with Gasteiger partial charge in [0.25, 0.3) is 10.0 Å². The van der Waals surface area contributed by atoms with Crippen molar-refractivity contribution in [2.45, 2.75) is 31.5 Å². The maximum atomic E-state index is 12.8. The number of aryl methyl sites for hydroxylation is 1. The SMILES string of the molecule is CC(C)N(Cc1cccs1)S(=O)(=O)c1c(N)ncn1C. The number of rotatable bonds is 5. The van der Waals surface area contributed by atoms with Crippen molar-refractivity contribution >= 4 is 27.2 Å². The molecule has 8 heteroatoms. The van der Waals surface area contributed by atoms with Crippen LogP contribution >= 0.6 is 11.3 Å². The molecule has 0 bridgehead atoms. The maximum absolute atomic E-state index is 12.8. The van der Waals surface area contributed by atoms with E-state index in [2.05, 4.69) is 4.98 Å². The summed E-state index contributed by atoms with van der Waals surface area (Å²) >= 11 is 1.53. The van der Waals surface area contributed by atoms with Crippen molar-refractivity contribution in [2.75, 3.05) is 5.73 Å². The highest BCUT2D eigenvalue weighted by Gasteiger charge is 2.32. The Hall–Kier alpha value is -1.38. The maximum Gasteiger partial charge on any atom is 0.263 e. The number of imidazole rings is 1. The fourth-order valence-electron chi connectivity index (χ4n) is 1.96. The summed E-state index contributed by atoms with van der Waals surface area (Å²) in [7, 11) is -2.05. The molecule has 0 atom stereocenters. The van der Waals surface area contributed by atoms with Gasteiger partial charge in [-0.1, -0.05) is 6.07 Å². The third-order valence-electron chi connectivity index (χ3n) is 2.93. The normalized spacial score (nSPS) is 12.4. The first kappa shape index (κ1) is 15.0. The van der Waals surface area contributed by atoms with Crippen molar-refractivity contribution in [2.24, 2.45) is 7.05 Å². The number of nitrogens with two attached hydrogens (primary N) is 1. The number of hydrogen-bond acceptors (Lipinski definition) is 5. The summed E-state index contributed by atoms with van der Waals surface area (Å²) in [5.41, 5.74) is 5.70. The van der Waals surface area contributed by atoms with E-state index in [1.807, 2.05) is 31.4 Å². The van der Waals surface area contributed by atoms with Crippen LogP contribution in [0.2, 0.25) is 0 Å². The third-order valence-corrected chi connectivity index (χ3v) is 5.95. The van der Waals surface area contributed by atoms with Gasteiger partial charge in [-0.2, -0.15) is 4.31 Å². The number of aromatic nitrogens is 2. The molecule has 0 fully saturated rings. The number of nitrogen functional groups attached to an aromatic ring is 1. The van der Waals surface area contributed by atoms with Crippen molar-refractivity contribution in [3.8, 4) is 0 Å². The minimum Gasteiger partial charge on any atom is -0.381 e. The highest BCUT2D eigenvalue weighted by Crippen LogP contribution is 2.25. The average Bonchev–Trinajstić information content (AvgIpc) is 2.95. The fraction of sp³-hybridized carbons (Fsp3) is 0.417. The van der Waals surface area contributed by atoms with Crippen molar-refractivity contribution in [1.82, 2.24) is 13.9 Å². The van der Waals surface area contributed by atoms with Crippen molar-refractivity contribution in [1.29, 1.82) is 0 Å². The first-order valence-electron chi connectivity index (χ1n) is 6.15. The fourth-order valence-corrected chi connectivity index (χ4v) is 4.56. The van der Waals surface area contributed by atoms with Crippen LogP contribution < -0.4 is 5.73 Å². The van der Waals surface area contributed by atoms with E-state index in [1.165, 1.54) is 26.5 Å². The Kier molecular flexibility index (Phi) is 4.17. The Labute approximate surface area is 122 Å². The minimum absolute atomic E-state index is 0.0318. The van der Waals surface area contributed by atoms with Crippen LogP contribution in [0.5, 0.6) is 0 Å². The van der Waals surface area contributed by atoms with Crippen LogP contribution in [0.15, 0.2) is 28.9 Å². The highest BCUT2D eigenvalue weighted by molar-refractivity contribution is 7.89. The Morgan fingerprint density at radius 1 is 1.50 bits per heavy atom. The number of hydrogen-bond donors (Lipinski definition) is 1. The minimum atomic E-state index is -3.68. The first-order chi connectivity index (χ1) is 9.34. The van der Waals surface area contributed by atoms with Gasteiger partial charge in [-0.3, -0.25) is 0 Å². The predicted octanol–water partition coefficient (Wildman–Crippen LogP) is 1.66. The highest BCUT2D eigenvalue weighted by atomic mass is 32.2. The molecule has 0 aromatic carbocycles. The summed E-state index contributed by atoms with van der Waals surface area (Å²) in [4.78, 5) is 4.85. The number of anilines is 1. The van der Waals surface area contributed by atoms with Crippen molar-refractivity contribution in [3.63, 3.8) is 0 Å². The second kappa shape index (κ2) is 5.55. The third kappa shape index (κ3) is 2.72. The second-order valence-corrected chi connectivity index (χ2v) is 7.61. The topological polar surface area (TPSA) is 81.2 Å². The quantitative estimate of drug-likeness (QED) is 0.910. The molecule has 0 aliphatic rings. The molecule has 0 spiro atoms. The zero-order valence-corrected chi connectivity index (χ0v) is 13.3. The van der Waals surface area contributed by atoms with Crippen molar-refractivity contribution in [3.05, 3.63) is 28.7 Å². The average molecular weight is 314 g/mol. The van der Waals surface area contributed by atoms with Crippen LogP contribution in [0, 0.1) is 0 Å². The van der Waals surface area contributed by atoms with Crippen molar-refractivity contribution < 1.29 is 8.42 Å². The largest absolute Gasteiger partial charge is 0.381 e. The summed E-state index contributed by atoms with van der Waals surface area (Å²) in [6.07, 6.45) is 1.41. The molecule has 0 unspecified atom stereocenters. The van der Waals surface area contributed by atoms with Gasteiger partial charge in [-0.15, -0.1) is 11.3 Å². The molecule has 0 saturated heterocycles. The van der Waals surface area contributed by atoms with Crippen LogP contribution in [0.3, 0.4) is 0 Å². The Morgan fingerprint density at radius 2 is 2.20 bits per heavy atom. The lowest BCUT2D eigenvalue weighted by molar-refractivity contribution is 0.348. The predicted molar refractivity (Wildman–Crippen MR) is 79.8 cm³/mol. The zero-order valence-electron chi connectivity index (χ0n) is 11.6. The summed E-state index contributed by atoms with van der Waals surface area (Å²) < 4.78 is 28.5. The molecule has 2 N–H and O–H groups in total. The Balaban J connectivity index is 2.43. The lowest BCUT2D eigenvalue weighted by atomic mass is 10.4. The van der Waals surface area contributed by atoms with E-state index in [9.17, 15) is 8.42 Å². The zero-order chi connectivity index (χ0) is 14.9. The lowest BCUT2D eigenvalue weighted by Crippen LogP contribution is -2.37.